The van der Waals surface area contributed by atoms with E-state index in [1.807, 2.05) is 0 Å². The van der Waals surface area contributed by atoms with Gasteiger partial charge in [-0.1, -0.05) is 12.1 Å². The highest BCUT2D eigenvalue weighted by Gasteiger charge is 2.12. The predicted molar refractivity (Wildman–Crippen MR) is 65.4 cm³/mol. The van der Waals surface area contributed by atoms with Gasteiger partial charge in [-0.2, -0.15) is 10.4 Å². The van der Waals surface area contributed by atoms with Crippen molar-refractivity contribution >= 4 is 0 Å². The van der Waals surface area contributed by atoms with Crippen LogP contribution in [-0.4, -0.2) is 10.2 Å². The Balaban J connectivity index is 2.08. The Bertz CT molecular complexity index is 590. The second kappa shape index (κ2) is 4.06. The number of benzene rings is 1. The number of nitrogens with zero attached hydrogens (tertiary/aromatic N) is 2. The summed E-state index contributed by atoms with van der Waals surface area (Å²) < 4.78 is 0. The van der Waals surface area contributed by atoms with E-state index in [-0.39, 0.29) is 0 Å². The van der Waals surface area contributed by atoms with Crippen molar-refractivity contribution in [3.05, 3.63) is 41.1 Å². The zero-order valence-electron chi connectivity index (χ0n) is 9.53. The van der Waals surface area contributed by atoms with Crippen LogP contribution in [0.1, 0.15) is 29.5 Å². The summed E-state index contributed by atoms with van der Waals surface area (Å²) in [4.78, 5) is 0. The van der Waals surface area contributed by atoms with Crippen LogP contribution in [0.25, 0.3) is 11.3 Å². The van der Waals surface area contributed by atoms with Gasteiger partial charge in [-0.25, -0.2) is 0 Å². The number of aromatic amines is 1. The molecule has 0 bridgehead atoms. The van der Waals surface area contributed by atoms with E-state index >= 15 is 0 Å². The molecule has 0 spiro atoms. The largest absolute Gasteiger partial charge is 0.276 e. The summed E-state index contributed by atoms with van der Waals surface area (Å²) in [6, 6.07) is 8.63. The number of hydrogen-bond acceptors (Lipinski definition) is 2. The van der Waals surface area contributed by atoms with Crippen molar-refractivity contribution in [3.8, 4) is 17.3 Å². The normalized spacial score (nSPS) is 14.1. The minimum Gasteiger partial charge on any atom is -0.276 e. The molecule has 0 aliphatic heterocycles. The first kappa shape index (κ1) is 10.1. The van der Waals surface area contributed by atoms with Crippen LogP contribution in [0.4, 0.5) is 0 Å². The van der Waals surface area contributed by atoms with Gasteiger partial charge in [0.05, 0.1) is 17.5 Å². The van der Waals surface area contributed by atoms with Crippen molar-refractivity contribution in [1.29, 1.82) is 5.26 Å². The summed E-state index contributed by atoms with van der Waals surface area (Å²) >= 11 is 0. The summed E-state index contributed by atoms with van der Waals surface area (Å²) in [7, 11) is 0. The van der Waals surface area contributed by atoms with Gasteiger partial charge in [0.25, 0.3) is 0 Å². The monoisotopic (exact) mass is 223 g/mol. The van der Waals surface area contributed by atoms with E-state index in [4.69, 9.17) is 5.26 Å². The van der Waals surface area contributed by atoms with E-state index in [1.54, 1.807) is 6.20 Å². The van der Waals surface area contributed by atoms with Gasteiger partial charge in [-0.3, -0.25) is 5.10 Å². The van der Waals surface area contributed by atoms with Gasteiger partial charge >= 0.3 is 0 Å². The Morgan fingerprint density at radius 1 is 1.18 bits per heavy atom. The molecule has 1 aliphatic rings. The van der Waals surface area contributed by atoms with Crippen LogP contribution in [0.3, 0.4) is 0 Å². The number of fused-ring (bicyclic) bond motifs is 1. The lowest BCUT2D eigenvalue weighted by Crippen LogP contribution is -2.02. The van der Waals surface area contributed by atoms with Gasteiger partial charge in [-0.15, -0.1) is 0 Å². The lowest BCUT2D eigenvalue weighted by atomic mass is 9.89. The Hall–Kier alpha value is -2.08. The van der Waals surface area contributed by atoms with Crippen molar-refractivity contribution in [2.75, 3.05) is 0 Å². The van der Waals surface area contributed by atoms with E-state index in [9.17, 15) is 0 Å². The van der Waals surface area contributed by atoms with Crippen molar-refractivity contribution in [2.45, 2.75) is 25.7 Å². The van der Waals surface area contributed by atoms with Crippen LogP contribution < -0.4 is 0 Å². The average molecular weight is 223 g/mol. The fraction of sp³-hybridized carbons (Fsp3) is 0.286. The lowest BCUT2D eigenvalue weighted by molar-refractivity contribution is 0.686. The maximum Gasteiger partial charge on any atom is 0.103 e. The van der Waals surface area contributed by atoms with Gasteiger partial charge in [0.1, 0.15) is 6.07 Å². The third-order valence-corrected chi connectivity index (χ3v) is 3.40. The van der Waals surface area contributed by atoms with Crippen LogP contribution in [0.5, 0.6) is 0 Å². The van der Waals surface area contributed by atoms with Crippen molar-refractivity contribution < 1.29 is 0 Å². The van der Waals surface area contributed by atoms with Crippen LogP contribution in [0, 0.1) is 11.3 Å². The van der Waals surface area contributed by atoms with E-state index in [0.717, 1.165) is 17.7 Å². The van der Waals surface area contributed by atoms with Crippen molar-refractivity contribution in [1.82, 2.24) is 10.2 Å². The summed E-state index contributed by atoms with van der Waals surface area (Å²) in [5.41, 5.74) is 5.39. The van der Waals surface area contributed by atoms with E-state index < -0.39 is 0 Å². The minimum atomic E-state index is 0.612. The average Bonchev–Trinajstić information content (AvgIpc) is 2.86. The molecule has 1 aromatic heterocycles. The number of aromatic nitrogens is 2. The van der Waals surface area contributed by atoms with E-state index in [2.05, 4.69) is 34.5 Å². The number of H-pyrrole nitrogens is 1. The molecule has 1 N–H and O–H groups in total. The summed E-state index contributed by atoms with van der Waals surface area (Å²) in [5, 5.41) is 15.8. The lowest BCUT2D eigenvalue weighted by Gasteiger charge is -2.16. The highest BCUT2D eigenvalue weighted by molar-refractivity contribution is 5.67. The maximum atomic E-state index is 9.00. The highest BCUT2D eigenvalue weighted by atomic mass is 15.1. The van der Waals surface area contributed by atoms with Gasteiger partial charge < -0.3 is 0 Å². The fourth-order valence-corrected chi connectivity index (χ4v) is 2.48. The zero-order valence-corrected chi connectivity index (χ0v) is 9.53. The quantitative estimate of drug-likeness (QED) is 0.808. The molecule has 3 heteroatoms. The standard InChI is InChI=1S/C14H13N3/c15-8-13-9-16-17-14(13)12-6-5-10-3-1-2-4-11(10)7-12/h5-7,9H,1-4H2,(H,16,17). The highest BCUT2D eigenvalue weighted by Crippen LogP contribution is 2.27. The van der Waals surface area contributed by atoms with Gasteiger partial charge in [0.2, 0.25) is 0 Å². The molecule has 17 heavy (non-hydrogen) atoms. The third-order valence-electron chi connectivity index (χ3n) is 3.40. The number of nitrogens with one attached hydrogen (secondary N) is 1. The molecule has 1 aromatic carbocycles. The first-order chi connectivity index (χ1) is 8.38. The molecular weight excluding hydrogens is 210 g/mol. The van der Waals surface area contributed by atoms with Gasteiger partial charge in [-0.05, 0) is 42.9 Å². The molecular formula is C14H13N3. The summed E-state index contributed by atoms with van der Waals surface area (Å²) in [6.07, 6.45) is 6.47. The van der Waals surface area contributed by atoms with E-state index in [1.165, 1.54) is 30.4 Å². The Morgan fingerprint density at radius 2 is 2.00 bits per heavy atom. The molecule has 2 aromatic rings. The molecule has 0 amide bonds. The molecule has 0 unspecified atom stereocenters. The topological polar surface area (TPSA) is 52.5 Å². The number of nitriles is 1. The maximum absolute atomic E-state index is 9.00. The molecule has 0 saturated heterocycles. The Labute approximate surface area is 100 Å². The zero-order chi connectivity index (χ0) is 11.7. The smallest absolute Gasteiger partial charge is 0.103 e. The van der Waals surface area contributed by atoms with Crippen molar-refractivity contribution in [2.24, 2.45) is 0 Å². The molecule has 84 valence electrons. The van der Waals surface area contributed by atoms with Gasteiger partial charge in [0, 0.05) is 5.56 Å². The second-order valence-electron chi connectivity index (χ2n) is 4.46. The van der Waals surface area contributed by atoms with E-state index in [0.29, 0.717) is 5.56 Å². The van der Waals surface area contributed by atoms with Gasteiger partial charge in [0.15, 0.2) is 0 Å². The first-order valence-corrected chi connectivity index (χ1v) is 5.94. The summed E-state index contributed by atoms with van der Waals surface area (Å²) in [6.45, 7) is 0. The van der Waals surface area contributed by atoms with Crippen LogP contribution >= 0.6 is 0 Å². The summed E-state index contributed by atoms with van der Waals surface area (Å²) in [5.74, 6) is 0. The Morgan fingerprint density at radius 3 is 2.82 bits per heavy atom. The fourth-order valence-electron chi connectivity index (χ4n) is 2.48. The molecule has 0 saturated carbocycles. The molecule has 0 atom stereocenters. The predicted octanol–water partition coefficient (Wildman–Crippen LogP) is 2.83. The van der Waals surface area contributed by atoms with Crippen LogP contribution in [0.15, 0.2) is 24.4 Å². The third kappa shape index (κ3) is 1.72. The molecule has 0 radical (unpaired) electrons. The Kier molecular flexibility index (Phi) is 2.41. The number of aryl methyl sites for hydroxylation is 2. The minimum absolute atomic E-state index is 0.612. The molecule has 3 rings (SSSR count). The second-order valence-corrected chi connectivity index (χ2v) is 4.46. The first-order valence-electron chi connectivity index (χ1n) is 5.94. The molecule has 1 aliphatic carbocycles. The number of rotatable bonds is 1. The number of hydrogen-bond donors (Lipinski definition) is 1. The van der Waals surface area contributed by atoms with Crippen LogP contribution in [0.2, 0.25) is 0 Å². The molecule has 1 heterocycles. The van der Waals surface area contributed by atoms with Crippen LogP contribution in [-0.2, 0) is 12.8 Å². The SMILES string of the molecule is N#Cc1cn[nH]c1-c1ccc2c(c1)CCCC2. The van der Waals surface area contributed by atoms with Crippen molar-refractivity contribution in [3.63, 3.8) is 0 Å². The molecule has 3 nitrogen and oxygen atoms in total. The molecule has 0 fully saturated rings.